The predicted octanol–water partition coefficient (Wildman–Crippen LogP) is 3.92. The van der Waals surface area contributed by atoms with Crippen LogP contribution in [0.15, 0.2) is 36.4 Å². The van der Waals surface area contributed by atoms with Gasteiger partial charge in [0.15, 0.2) is 0 Å². The molecule has 3 rings (SSSR count). The maximum atomic E-state index is 5.79. The van der Waals surface area contributed by atoms with E-state index in [-0.39, 0.29) is 0 Å². The van der Waals surface area contributed by atoms with E-state index in [2.05, 4.69) is 74.1 Å². The number of aryl methyl sites for hydroxylation is 2. The van der Waals surface area contributed by atoms with Gasteiger partial charge in [0.05, 0.1) is 52.9 Å². The van der Waals surface area contributed by atoms with Crippen LogP contribution in [0.4, 0.5) is 11.4 Å². The van der Waals surface area contributed by atoms with Crippen LogP contribution in [0.25, 0.3) is 11.1 Å². The lowest BCUT2D eigenvalue weighted by Crippen LogP contribution is -2.31. The molecule has 1 fully saturated rings. The smallest absolute Gasteiger partial charge is 0.0701 e. The molecule has 6 heteroatoms. The summed E-state index contributed by atoms with van der Waals surface area (Å²) in [6, 6.07) is 13.3. The molecular formula is C26H38N2O4. The van der Waals surface area contributed by atoms with Crippen LogP contribution in [0.1, 0.15) is 11.1 Å². The molecule has 32 heavy (non-hydrogen) atoms. The highest BCUT2D eigenvalue weighted by Crippen LogP contribution is 2.32. The minimum absolute atomic E-state index is 0.595. The van der Waals surface area contributed by atoms with Gasteiger partial charge in [0.25, 0.3) is 0 Å². The van der Waals surface area contributed by atoms with Crippen LogP contribution in [0.2, 0.25) is 0 Å². The van der Waals surface area contributed by atoms with Crippen LogP contribution in [-0.4, -0.2) is 80.0 Å². The van der Waals surface area contributed by atoms with Crippen molar-refractivity contribution in [2.45, 2.75) is 13.8 Å². The molecule has 0 N–H and O–H groups in total. The summed E-state index contributed by atoms with van der Waals surface area (Å²) >= 11 is 0. The molecular weight excluding hydrogens is 404 g/mol. The minimum Gasteiger partial charge on any atom is -0.378 e. The van der Waals surface area contributed by atoms with E-state index in [0.29, 0.717) is 52.9 Å². The second kappa shape index (κ2) is 12.8. The third-order valence-electron chi connectivity index (χ3n) is 5.68. The Morgan fingerprint density at radius 1 is 0.656 bits per heavy atom. The SMILES string of the molecule is Cc1cc(N2CCOCCOCCOCCOCC2)cc(C)c1-c1ccc(N(C)C)cc1. The van der Waals surface area contributed by atoms with E-state index >= 15 is 0 Å². The number of anilines is 2. The Hall–Kier alpha value is -2.12. The second-order valence-electron chi connectivity index (χ2n) is 8.33. The van der Waals surface area contributed by atoms with Crippen LogP contribution < -0.4 is 9.80 Å². The van der Waals surface area contributed by atoms with Crippen molar-refractivity contribution in [1.82, 2.24) is 0 Å². The van der Waals surface area contributed by atoms with Gasteiger partial charge in [-0.15, -0.1) is 0 Å². The third kappa shape index (κ3) is 7.20. The number of hydrogen-bond donors (Lipinski definition) is 0. The first-order chi connectivity index (χ1) is 15.6. The van der Waals surface area contributed by atoms with Gasteiger partial charge in [-0.2, -0.15) is 0 Å². The van der Waals surface area contributed by atoms with Gasteiger partial charge in [-0.25, -0.2) is 0 Å². The average Bonchev–Trinajstić information content (AvgIpc) is 2.78. The van der Waals surface area contributed by atoms with Crippen molar-refractivity contribution in [3.8, 4) is 11.1 Å². The van der Waals surface area contributed by atoms with Crippen molar-refractivity contribution < 1.29 is 18.9 Å². The Balaban J connectivity index is 1.74. The molecule has 1 aliphatic rings. The molecule has 1 saturated heterocycles. The monoisotopic (exact) mass is 442 g/mol. The molecule has 0 unspecified atom stereocenters. The summed E-state index contributed by atoms with van der Waals surface area (Å²) in [6.45, 7) is 10.9. The van der Waals surface area contributed by atoms with Gasteiger partial charge in [-0.3, -0.25) is 0 Å². The van der Waals surface area contributed by atoms with Gasteiger partial charge in [-0.1, -0.05) is 12.1 Å². The largest absolute Gasteiger partial charge is 0.378 e. The first-order valence-electron chi connectivity index (χ1n) is 11.5. The fourth-order valence-electron chi connectivity index (χ4n) is 3.99. The number of benzene rings is 2. The van der Waals surface area contributed by atoms with Gasteiger partial charge >= 0.3 is 0 Å². The number of ether oxygens (including phenoxy) is 4. The van der Waals surface area contributed by atoms with Crippen LogP contribution >= 0.6 is 0 Å². The molecule has 0 bridgehead atoms. The Morgan fingerprint density at radius 2 is 1.09 bits per heavy atom. The highest BCUT2D eigenvalue weighted by atomic mass is 16.6. The molecule has 0 aromatic heterocycles. The molecule has 176 valence electrons. The molecule has 6 nitrogen and oxygen atoms in total. The lowest BCUT2D eigenvalue weighted by molar-refractivity contribution is 0.00206. The van der Waals surface area contributed by atoms with Gasteiger partial charge in [0, 0.05) is 38.6 Å². The van der Waals surface area contributed by atoms with Crippen molar-refractivity contribution >= 4 is 11.4 Å². The summed E-state index contributed by atoms with van der Waals surface area (Å²) < 4.78 is 22.6. The van der Waals surface area contributed by atoms with Crippen molar-refractivity contribution in [3.63, 3.8) is 0 Å². The molecule has 2 aromatic rings. The first-order valence-corrected chi connectivity index (χ1v) is 11.5. The summed E-state index contributed by atoms with van der Waals surface area (Å²) in [5.74, 6) is 0. The fourth-order valence-corrected chi connectivity index (χ4v) is 3.99. The highest BCUT2D eigenvalue weighted by molar-refractivity contribution is 5.75. The van der Waals surface area contributed by atoms with Gasteiger partial charge < -0.3 is 28.7 Å². The second-order valence-corrected chi connectivity index (χ2v) is 8.33. The van der Waals surface area contributed by atoms with E-state index in [9.17, 15) is 0 Å². The molecule has 0 saturated carbocycles. The van der Waals surface area contributed by atoms with E-state index < -0.39 is 0 Å². The Kier molecular flexibility index (Phi) is 9.81. The molecule has 0 spiro atoms. The standard InChI is InChI=1S/C26H38N2O4/c1-21-19-25(20-22(2)26(21)23-5-7-24(8-6-23)27(3)4)28-9-11-29-13-15-31-17-18-32-16-14-30-12-10-28/h5-8,19-20H,9-18H2,1-4H3. The van der Waals surface area contributed by atoms with Crippen molar-refractivity contribution in [1.29, 1.82) is 0 Å². The van der Waals surface area contributed by atoms with E-state index in [4.69, 9.17) is 18.9 Å². The number of rotatable bonds is 3. The fraction of sp³-hybridized carbons (Fsp3) is 0.538. The first kappa shape index (κ1) is 24.5. The maximum Gasteiger partial charge on any atom is 0.0701 e. The normalized spacial score (nSPS) is 17.4. The minimum atomic E-state index is 0.595. The van der Waals surface area contributed by atoms with Crippen molar-refractivity contribution in [2.75, 3.05) is 89.8 Å². The predicted molar refractivity (Wildman–Crippen MR) is 131 cm³/mol. The Bertz CT molecular complexity index is 784. The van der Waals surface area contributed by atoms with Crippen molar-refractivity contribution in [3.05, 3.63) is 47.5 Å². The van der Waals surface area contributed by atoms with Gasteiger partial charge in [0.1, 0.15) is 0 Å². The number of nitrogens with zero attached hydrogens (tertiary/aromatic N) is 2. The topological polar surface area (TPSA) is 43.4 Å². The molecule has 0 radical (unpaired) electrons. The summed E-state index contributed by atoms with van der Waals surface area (Å²) in [5, 5.41) is 0. The van der Waals surface area contributed by atoms with E-state index in [0.717, 1.165) is 13.1 Å². The zero-order valence-corrected chi connectivity index (χ0v) is 20.1. The molecule has 0 aliphatic carbocycles. The molecule has 2 aromatic carbocycles. The summed E-state index contributed by atoms with van der Waals surface area (Å²) in [4.78, 5) is 4.47. The summed E-state index contributed by atoms with van der Waals surface area (Å²) in [7, 11) is 4.13. The Morgan fingerprint density at radius 3 is 1.53 bits per heavy atom. The van der Waals surface area contributed by atoms with Crippen LogP contribution in [0, 0.1) is 13.8 Å². The van der Waals surface area contributed by atoms with Gasteiger partial charge in [-0.05, 0) is 60.4 Å². The lowest BCUT2D eigenvalue weighted by Gasteiger charge is -2.27. The van der Waals surface area contributed by atoms with E-state index in [1.807, 2.05) is 0 Å². The van der Waals surface area contributed by atoms with Crippen LogP contribution in [0.3, 0.4) is 0 Å². The van der Waals surface area contributed by atoms with Crippen LogP contribution in [0.5, 0.6) is 0 Å². The molecule has 1 heterocycles. The van der Waals surface area contributed by atoms with Crippen LogP contribution in [-0.2, 0) is 18.9 Å². The highest BCUT2D eigenvalue weighted by Gasteiger charge is 2.13. The number of hydrogen-bond acceptors (Lipinski definition) is 6. The maximum absolute atomic E-state index is 5.79. The van der Waals surface area contributed by atoms with E-state index in [1.165, 1.54) is 33.6 Å². The molecule has 1 aliphatic heterocycles. The van der Waals surface area contributed by atoms with Gasteiger partial charge in [0.2, 0.25) is 0 Å². The molecule has 0 atom stereocenters. The van der Waals surface area contributed by atoms with E-state index in [1.54, 1.807) is 0 Å². The summed E-state index contributed by atoms with van der Waals surface area (Å²) in [6.07, 6.45) is 0. The quantitative estimate of drug-likeness (QED) is 0.718. The third-order valence-corrected chi connectivity index (χ3v) is 5.68. The lowest BCUT2D eigenvalue weighted by atomic mass is 9.94. The zero-order valence-electron chi connectivity index (χ0n) is 20.1. The molecule has 0 amide bonds. The average molecular weight is 443 g/mol. The zero-order chi connectivity index (χ0) is 22.8. The summed E-state index contributed by atoms with van der Waals surface area (Å²) in [5.41, 5.74) is 7.52. The Labute approximate surface area is 193 Å². The van der Waals surface area contributed by atoms with Crippen molar-refractivity contribution in [2.24, 2.45) is 0 Å².